The molecule has 1 N–H and O–H groups in total. The normalized spacial score (nSPS) is 15.3. The van der Waals surface area contributed by atoms with Gasteiger partial charge in [0.15, 0.2) is 0 Å². The molecule has 1 amide bonds. The summed E-state index contributed by atoms with van der Waals surface area (Å²) in [6, 6.07) is 18.8. The van der Waals surface area contributed by atoms with Gasteiger partial charge < -0.3 is 9.88 Å². The smallest absolute Gasteiger partial charge is 0.238 e. The zero-order valence-corrected chi connectivity index (χ0v) is 19.0. The number of carbonyl (C=O) groups excluding carboxylic acids is 1. The van der Waals surface area contributed by atoms with Crippen LogP contribution in [-0.4, -0.2) is 20.7 Å². The fraction of sp³-hybridized carbons (Fsp3) is 0.231. The summed E-state index contributed by atoms with van der Waals surface area (Å²) >= 11 is 1.61. The SMILES string of the molecule is Cc1cccc(-c2nc3ccc(F)cc3n2C(C)C)c1NC(=O)[C@@H]1Cc2ccccc2S1. The molecule has 0 unspecified atom stereocenters. The van der Waals surface area contributed by atoms with Crippen molar-refractivity contribution in [2.24, 2.45) is 0 Å². The highest BCUT2D eigenvalue weighted by molar-refractivity contribution is 8.01. The number of para-hydroxylation sites is 1. The third kappa shape index (κ3) is 3.58. The van der Waals surface area contributed by atoms with E-state index in [1.165, 1.54) is 22.6 Å². The molecule has 0 spiro atoms. The van der Waals surface area contributed by atoms with Gasteiger partial charge in [0, 0.05) is 16.5 Å². The van der Waals surface area contributed by atoms with Gasteiger partial charge in [-0.15, -0.1) is 11.8 Å². The predicted octanol–water partition coefficient (Wildman–Crippen LogP) is 6.39. The highest BCUT2D eigenvalue weighted by Gasteiger charge is 2.29. The van der Waals surface area contributed by atoms with Gasteiger partial charge in [0.2, 0.25) is 5.91 Å². The van der Waals surface area contributed by atoms with Gasteiger partial charge in [0.05, 0.1) is 22.0 Å². The van der Waals surface area contributed by atoms with Gasteiger partial charge in [-0.05, 0) is 68.7 Å². The van der Waals surface area contributed by atoms with Crippen molar-refractivity contribution in [3.63, 3.8) is 0 Å². The molecule has 3 aromatic carbocycles. The van der Waals surface area contributed by atoms with Crippen LogP contribution in [0.1, 0.15) is 31.0 Å². The minimum Gasteiger partial charge on any atom is -0.324 e. The maximum absolute atomic E-state index is 14.0. The third-order valence-electron chi connectivity index (χ3n) is 5.87. The van der Waals surface area contributed by atoms with Crippen LogP contribution in [0.3, 0.4) is 0 Å². The van der Waals surface area contributed by atoms with Gasteiger partial charge in [0.25, 0.3) is 0 Å². The first kappa shape index (κ1) is 20.8. The van der Waals surface area contributed by atoms with Crippen LogP contribution in [0.4, 0.5) is 10.1 Å². The molecule has 2 heterocycles. The van der Waals surface area contributed by atoms with Crippen molar-refractivity contribution in [2.45, 2.75) is 43.4 Å². The van der Waals surface area contributed by atoms with Gasteiger partial charge in [-0.3, -0.25) is 4.79 Å². The van der Waals surface area contributed by atoms with Crippen molar-refractivity contribution in [3.8, 4) is 11.4 Å². The van der Waals surface area contributed by atoms with Crippen LogP contribution in [-0.2, 0) is 11.2 Å². The van der Waals surface area contributed by atoms with Crippen LogP contribution in [0.5, 0.6) is 0 Å². The Morgan fingerprint density at radius 3 is 2.75 bits per heavy atom. The zero-order valence-electron chi connectivity index (χ0n) is 18.2. The molecule has 32 heavy (non-hydrogen) atoms. The van der Waals surface area contributed by atoms with Crippen LogP contribution in [0.25, 0.3) is 22.4 Å². The molecule has 0 saturated heterocycles. The Bertz CT molecular complexity index is 1320. The number of rotatable bonds is 4. The van der Waals surface area contributed by atoms with Gasteiger partial charge in [-0.2, -0.15) is 0 Å². The lowest BCUT2D eigenvalue weighted by atomic mass is 10.1. The van der Waals surface area contributed by atoms with Gasteiger partial charge in [0.1, 0.15) is 11.6 Å². The van der Waals surface area contributed by atoms with E-state index in [0.29, 0.717) is 0 Å². The van der Waals surface area contributed by atoms with E-state index >= 15 is 0 Å². The summed E-state index contributed by atoms with van der Waals surface area (Å²) in [5.74, 6) is 0.420. The molecule has 0 saturated carbocycles. The second kappa shape index (κ2) is 8.10. The molecular formula is C26H24FN3OS. The summed E-state index contributed by atoms with van der Waals surface area (Å²) in [7, 11) is 0. The first-order valence-electron chi connectivity index (χ1n) is 10.8. The molecule has 1 atom stereocenters. The summed E-state index contributed by atoms with van der Waals surface area (Å²) in [4.78, 5) is 19.2. The third-order valence-corrected chi connectivity index (χ3v) is 7.19. The monoisotopic (exact) mass is 445 g/mol. The number of amides is 1. The highest BCUT2D eigenvalue weighted by atomic mass is 32.2. The minimum atomic E-state index is -0.290. The van der Waals surface area contributed by atoms with E-state index in [9.17, 15) is 9.18 Å². The number of fused-ring (bicyclic) bond motifs is 2. The van der Waals surface area contributed by atoms with Gasteiger partial charge in [-0.1, -0.05) is 30.3 Å². The fourth-order valence-corrected chi connectivity index (χ4v) is 5.53. The number of nitrogens with zero attached hydrogens (tertiary/aromatic N) is 2. The fourth-order valence-electron chi connectivity index (χ4n) is 4.33. The average Bonchev–Trinajstić information content (AvgIpc) is 3.36. The molecule has 1 aliphatic rings. The summed E-state index contributed by atoms with van der Waals surface area (Å²) in [6.07, 6.45) is 0.720. The average molecular weight is 446 g/mol. The number of hydrogen-bond donors (Lipinski definition) is 1. The zero-order chi connectivity index (χ0) is 22.4. The van der Waals surface area contributed by atoms with Crippen molar-refractivity contribution in [3.05, 3.63) is 77.6 Å². The molecule has 1 aromatic heterocycles. The lowest BCUT2D eigenvalue weighted by Crippen LogP contribution is -2.25. The molecule has 6 heteroatoms. The Labute approximate surface area is 190 Å². The van der Waals surface area contributed by atoms with E-state index in [2.05, 4.69) is 31.3 Å². The van der Waals surface area contributed by atoms with Crippen molar-refractivity contribution < 1.29 is 9.18 Å². The number of anilines is 1. The Balaban J connectivity index is 1.55. The van der Waals surface area contributed by atoms with Gasteiger partial charge in [-0.25, -0.2) is 9.37 Å². The molecule has 5 rings (SSSR count). The van der Waals surface area contributed by atoms with E-state index in [1.807, 2.05) is 41.8 Å². The second-order valence-electron chi connectivity index (χ2n) is 8.44. The Morgan fingerprint density at radius 1 is 1.16 bits per heavy atom. The maximum Gasteiger partial charge on any atom is 0.238 e. The molecular weight excluding hydrogens is 421 g/mol. The van der Waals surface area contributed by atoms with Crippen LogP contribution in [0.15, 0.2) is 65.6 Å². The first-order chi connectivity index (χ1) is 15.4. The quantitative estimate of drug-likeness (QED) is 0.396. The molecule has 162 valence electrons. The van der Waals surface area contributed by atoms with Crippen LogP contribution >= 0.6 is 11.8 Å². The number of aryl methyl sites for hydroxylation is 1. The molecule has 4 aromatic rings. The minimum absolute atomic E-state index is 0.0139. The summed E-state index contributed by atoms with van der Waals surface area (Å²) in [5, 5.41) is 3.02. The maximum atomic E-state index is 14.0. The standard InChI is InChI=1S/C26H24FN3OS/c1-15(2)30-21-14-18(27)11-12-20(21)28-25(30)19-9-6-7-16(3)24(19)29-26(31)23-13-17-8-4-5-10-22(17)32-23/h4-12,14-15,23H,13H2,1-3H3,(H,29,31)/t23-/m0/s1. The van der Waals surface area contributed by atoms with E-state index in [-0.39, 0.29) is 23.0 Å². The lowest BCUT2D eigenvalue weighted by Gasteiger charge is -2.18. The number of halogens is 1. The van der Waals surface area contributed by atoms with Crippen LogP contribution in [0.2, 0.25) is 0 Å². The number of aromatic nitrogens is 2. The van der Waals surface area contributed by atoms with E-state index in [4.69, 9.17) is 4.98 Å². The number of thioether (sulfide) groups is 1. The highest BCUT2D eigenvalue weighted by Crippen LogP contribution is 2.39. The molecule has 1 aliphatic heterocycles. The first-order valence-corrected chi connectivity index (χ1v) is 11.6. The van der Waals surface area contributed by atoms with Crippen LogP contribution in [0, 0.1) is 12.7 Å². The molecule has 0 aliphatic carbocycles. The number of benzene rings is 3. The number of nitrogens with one attached hydrogen (secondary N) is 1. The van der Waals surface area contributed by atoms with Crippen LogP contribution < -0.4 is 5.32 Å². The van der Waals surface area contributed by atoms with E-state index < -0.39 is 0 Å². The Kier molecular flexibility index (Phi) is 5.25. The largest absolute Gasteiger partial charge is 0.324 e. The summed E-state index contributed by atoms with van der Waals surface area (Å²) < 4.78 is 16.0. The summed E-state index contributed by atoms with van der Waals surface area (Å²) in [6.45, 7) is 6.09. The Morgan fingerprint density at radius 2 is 1.97 bits per heavy atom. The topological polar surface area (TPSA) is 46.9 Å². The van der Waals surface area contributed by atoms with Crippen molar-refractivity contribution in [1.82, 2.24) is 9.55 Å². The van der Waals surface area contributed by atoms with Gasteiger partial charge >= 0.3 is 0 Å². The Hall–Kier alpha value is -3.12. The molecule has 0 radical (unpaired) electrons. The number of hydrogen-bond acceptors (Lipinski definition) is 3. The number of imidazole rings is 1. The van der Waals surface area contributed by atoms with E-state index in [1.54, 1.807) is 17.8 Å². The number of carbonyl (C=O) groups is 1. The van der Waals surface area contributed by atoms with Crippen molar-refractivity contribution in [2.75, 3.05) is 5.32 Å². The van der Waals surface area contributed by atoms with Crippen molar-refractivity contribution in [1.29, 1.82) is 0 Å². The lowest BCUT2D eigenvalue weighted by molar-refractivity contribution is -0.115. The summed E-state index contributed by atoms with van der Waals surface area (Å²) in [5.41, 5.74) is 5.25. The predicted molar refractivity (Wildman–Crippen MR) is 129 cm³/mol. The molecule has 0 bridgehead atoms. The molecule has 4 nitrogen and oxygen atoms in total. The second-order valence-corrected chi connectivity index (χ2v) is 9.68. The van der Waals surface area contributed by atoms with Crippen molar-refractivity contribution >= 4 is 34.4 Å². The van der Waals surface area contributed by atoms with E-state index in [0.717, 1.165) is 40.1 Å². The molecule has 0 fully saturated rings.